The molecule has 1 aromatic heterocycles. The lowest BCUT2D eigenvalue weighted by molar-refractivity contribution is 0.559. The van der Waals surface area contributed by atoms with Gasteiger partial charge in [-0.2, -0.15) is 0 Å². The van der Waals surface area contributed by atoms with Crippen molar-refractivity contribution in [2.75, 3.05) is 16.8 Å². The molecule has 1 saturated heterocycles. The van der Waals surface area contributed by atoms with Gasteiger partial charge in [-0.1, -0.05) is 12.2 Å². The maximum atomic E-state index is 11.4. The first-order valence-corrected chi connectivity index (χ1v) is 8.34. The Labute approximate surface area is 118 Å². The Kier molecular flexibility index (Phi) is 4.05. The van der Waals surface area contributed by atoms with E-state index in [0.29, 0.717) is 23.6 Å². The van der Waals surface area contributed by atoms with E-state index in [0.717, 1.165) is 11.3 Å². The summed E-state index contributed by atoms with van der Waals surface area (Å²) >= 11 is 4.96. The Balaban J connectivity index is 2.09. The number of nitrogens with one attached hydrogen (secondary N) is 1. The second kappa shape index (κ2) is 5.42. The van der Waals surface area contributed by atoms with Gasteiger partial charge in [-0.15, -0.1) is 0 Å². The molecule has 0 aromatic carbocycles. The molecule has 0 saturated carbocycles. The summed E-state index contributed by atoms with van der Waals surface area (Å²) in [6.07, 6.45) is 1.22. The van der Waals surface area contributed by atoms with Crippen LogP contribution in [0.4, 0.5) is 5.82 Å². The molecule has 104 valence electrons. The molecule has 19 heavy (non-hydrogen) atoms. The van der Waals surface area contributed by atoms with Gasteiger partial charge in [-0.25, -0.2) is 13.4 Å². The molecule has 2 heterocycles. The van der Waals surface area contributed by atoms with Crippen LogP contribution in [0, 0.1) is 6.92 Å². The lowest BCUT2D eigenvalue weighted by Gasteiger charge is -2.23. The maximum Gasteiger partial charge on any atom is 0.150 e. The van der Waals surface area contributed by atoms with Gasteiger partial charge >= 0.3 is 0 Å². The van der Waals surface area contributed by atoms with Crippen LogP contribution in [0.2, 0.25) is 0 Å². The Morgan fingerprint density at radius 2 is 2.05 bits per heavy atom. The maximum absolute atomic E-state index is 11.4. The van der Waals surface area contributed by atoms with Gasteiger partial charge in [0.25, 0.3) is 0 Å². The zero-order valence-electron chi connectivity index (χ0n) is 10.7. The van der Waals surface area contributed by atoms with Crippen LogP contribution in [0.5, 0.6) is 0 Å². The minimum absolute atomic E-state index is 0.136. The minimum atomic E-state index is -2.84. The fourth-order valence-electron chi connectivity index (χ4n) is 2.13. The monoisotopic (exact) mass is 299 g/mol. The molecule has 0 spiro atoms. The number of nitrogens with zero attached hydrogens (tertiary/aromatic N) is 1. The predicted octanol–water partition coefficient (Wildman–Crippen LogP) is 1.01. The van der Waals surface area contributed by atoms with Crippen molar-refractivity contribution in [1.29, 1.82) is 0 Å². The van der Waals surface area contributed by atoms with E-state index in [-0.39, 0.29) is 17.5 Å². The number of pyridine rings is 1. The molecule has 7 heteroatoms. The summed E-state index contributed by atoms with van der Waals surface area (Å²) in [5.74, 6) is 1.17. The van der Waals surface area contributed by atoms with Gasteiger partial charge in [0.1, 0.15) is 20.6 Å². The first-order valence-electron chi connectivity index (χ1n) is 6.11. The zero-order valence-corrected chi connectivity index (χ0v) is 12.4. The molecule has 1 fully saturated rings. The summed E-state index contributed by atoms with van der Waals surface area (Å²) in [4.78, 5) is 4.70. The Hall–Kier alpha value is -1.21. The highest BCUT2D eigenvalue weighted by atomic mass is 32.2. The smallest absolute Gasteiger partial charge is 0.150 e. The Morgan fingerprint density at radius 1 is 1.42 bits per heavy atom. The first kappa shape index (κ1) is 14.2. The lowest BCUT2D eigenvalue weighted by atomic mass is 10.1. The summed E-state index contributed by atoms with van der Waals surface area (Å²) in [7, 11) is -2.84. The SMILES string of the molecule is Cc1cc(C(N)=S)cc(NC2CCS(=O)(=O)CC2)n1. The van der Waals surface area contributed by atoms with E-state index in [1.807, 2.05) is 13.0 Å². The molecule has 0 amide bonds. The van der Waals surface area contributed by atoms with E-state index >= 15 is 0 Å². The molecule has 1 aliphatic heterocycles. The number of rotatable bonds is 3. The summed E-state index contributed by atoms with van der Waals surface area (Å²) in [6, 6.07) is 3.77. The Bertz CT molecular complexity index is 585. The van der Waals surface area contributed by atoms with Crippen LogP contribution in [-0.4, -0.2) is 35.9 Å². The van der Waals surface area contributed by atoms with Crippen molar-refractivity contribution in [3.63, 3.8) is 0 Å². The van der Waals surface area contributed by atoms with E-state index < -0.39 is 9.84 Å². The molecule has 5 nitrogen and oxygen atoms in total. The van der Waals surface area contributed by atoms with Crippen molar-refractivity contribution in [3.8, 4) is 0 Å². The molecule has 1 aliphatic rings. The van der Waals surface area contributed by atoms with E-state index in [9.17, 15) is 8.42 Å². The standard InChI is InChI=1S/C12H17N3O2S2/c1-8-6-9(12(13)18)7-11(14-8)15-10-2-4-19(16,17)5-3-10/h6-7,10H,2-5H2,1H3,(H2,13,18)(H,14,15). The van der Waals surface area contributed by atoms with Crippen LogP contribution in [0.1, 0.15) is 24.1 Å². The lowest BCUT2D eigenvalue weighted by Crippen LogP contribution is -2.32. The van der Waals surface area contributed by atoms with E-state index in [4.69, 9.17) is 18.0 Å². The van der Waals surface area contributed by atoms with Gasteiger partial charge < -0.3 is 11.1 Å². The van der Waals surface area contributed by atoms with Gasteiger partial charge in [0.2, 0.25) is 0 Å². The van der Waals surface area contributed by atoms with Gasteiger partial charge in [0.15, 0.2) is 0 Å². The van der Waals surface area contributed by atoms with Gasteiger partial charge in [0, 0.05) is 17.3 Å². The van der Waals surface area contributed by atoms with Crippen molar-refractivity contribution in [2.45, 2.75) is 25.8 Å². The van der Waals surface area contributed by atoms with Crippen LogP contribution >= 0.6 is 12.2 Å². The zero-order chi connectivity index (χ0) is 14.0. The average molecular weight is 299 g/mol. The molecule has 0 radical (unpaired) electrons. The fraction of sp³-hybridized carbons (Fsp3) is 0.500. The minimum Gasteiger partial charge on any atom is -0.389 e. The number of aromatic nitrogens is 1. The molecule has 1 aromatic rings. The number of hydrogen-bond acceptors (Lipinski definition) is 5. The van der Waals surface area contributed by atoms with Crippen LogP contribution in [0.3, 0.4) is 0 Å². The molecule has 0 bridgehead atoms. The average Bonchev–Trinajstić information content (AvgIpc) is 2.31. The molecule has 0 aliphatic carbocycles. The highest BCUT2D eigenvalue weighted by Crippen LogP contribution is 2.18. The molecule has 2 rings (SSSR count). The van der Waals surface area contributed by atoms with E-state index in [2.05, 4.69) is 10.3 Å². The van der Waals surface area contributed by atoms with Crippen LogP contribution in [0.25, 0.3) is 0 Å². The second-order valence-corrected chi connectivity index (χ2v) is 7.56. The first-order chi connectivity index (χ1) is 8.85. The van der Waals surface area contributed by atoms with Gasteiger partial charge in [0.05, 0.1) is 11.5 Å². The molecular weight excluding hydrogens is 282 g/mol. The van der Waals surface area contributed by atoms with Crippen molar-refractivity contribution in [1.82, 2.24) is 4.98 Å². The van der Waals surface area contributed by atoms with Crippen LogP contribution in [0.15, 0.2) is 12.1 Å². The highest BCUT2D eigenvalue weighted by molar-refractivity contribution is 7.91. The number of anilines is 1. The van der Waals surface area contributed by atoms with Crippen molar-refractivity contribution in [2.24, 2.45) is 5.73 Å². The number of aryl methyl sites for hydroxylation is 1. The summed E-state index contributed by atoms with van der Waals surface area (Å²) in [5, 5.41) is 3.26. The van der Waals surface area contributed by atoms with E-state index in [1.165, 1.54) is 0 Å². The topological polar surface area (TPSA) is 85.1 Å². The number of thiocarbonyl (C=S) groups is 1. The molecular formula is C12H17N3O2S2. The van der Waals surface area contributed by atoms with Crippen molar-refractivity contribution in [3.05, 3.63) is 23.4 Å². The molecule has 3 N–H and O–H groups in total. The summed E-state index contributed by atoms with van der Waals surface area (Å²) in [5.41, 5.74) is 7.22. The Morgan fingerprint density at radius 3 is 2.63 bits per heavy atom. The van der Waals surface area contributed by atoms with Crippen molar-refractivity contribution < 1.29 is 8.42 Å². The van der Waals surface area contributed by atoms with E-state index in [1.54, 1.807) is 6.07 Å². The molecule has 0 atom stereocenters. The van der Waals surface area contributed by atoms with Crippen LogP contribution in [-0.2, 0) is 9.84 Å². The van der Waals surface area contributed by atoms with Gasteiger partial charge in [-0.05, 0) is 31.9 Å². The number of nitrogens with two attached hydrogens (primary N) is 1. The van der Waals surface area contributed by atoms with Crippen molar-refractivity contribution >= 4 is 32.9 Å². The van der Waals surface area contributed by atoms with Gasteiger partial charge in [-0.3, -0.25) is 0 Å². The highest BCUT2D eigenvalue weighted by Gasteiger charge is 2.23. The third-order valence-electron chi connectivity index (χ3n) is 3.14. The summed E-state index contributed by atoms with van der Waals surface area (Å²) < 4.78 is 22.7. The van der Waals surface area contributed by atoms with Crippen LogP contribution < -0.4 is 11.1 Å². The second-order valence-electron chi connectivity index (χ2n) is 4.82. The third kappa shape index (κ3) is 3.87. The summed E-state index contributed by atoms with van der Waals surface area (Å²) in [6.45, 7) is 1.87. The third-order valence-corrected chi connectivity index (χ3v) is 5.10. The number of sulfone groups is 1. The quantitative estimate of drug-likeness (QED) is 0.810. The largest absolute Gasteiger partial charge is 0.389 e. The predicted molar refractivity (Wildman–Crippen MR) is 80.2 cm³/mol. The normalized spacial score (nSPS) is 19.0. The fourth-order valence-corrected chi connectivity index (χ4v) is 3.74. The number of hydrogen-bond donors (Lipinski definition) is 2. The molecule has 0 unspecified atom stereocenters.